The maximum Gasteiger partial charge on any atom is 0.264 e. The average molecular weight is 285 g/mol. The van der Waals surface area contributed by atoms with E-state index in [0.29, 0.717) is 11.3 Å². The van der Waals surface area contributed by atoms with Crippen LogP contribution in [0.1, 0.15) is 11.3 Å². The van der Waals surface area contributed by atoms with Gasteiger partial charge in [0.15, 0.2) is 0 Å². The summed E-state index contributed by atoms with van der Waals surface area (Å²) >= 11 is 0. The average Bonchev–Trinajstić information content (AvgIpc) is 2.64. The molecule has 6 nitrogen and oxygen atoms in total. The zero-order valence-corrected chi connectivity index (χ0v) is 11.1. The molecule has 0 fully saturated rings. The molecule has 0 saturated carbocycles. The van der Waals surface area contributed by atoms with Crippen molar-refractivity contribution in [2.24, 2.45) is 0 Å². The fourth-order valence-corrected chi connectivity index (χ4v) is 2.46. The predicted molar refractivity (Wildman–Crippen MR) is 67.6 cm³/mol. The van der Waals surface area contributed by atoms with E-state index in [1.165, 1.54) is 0 Å². The highest BCUT2D eigenvalue weighted by Gasteiger charge is 2.19. The topological polar surface area (TPSA) is 98.2 Å². The summed E-state index contributed by atoms with van der Waals surface area (Å²) in [5.74, 6) is -0.647. The first kappa shape index (κ1) is 13.3. The minimum absolute atomic E-state index is 0.0281. The van der Waals surface area contributed by atoms with Gasteiger partial charge in [-0.05, 0) is 32.0 Å². The van der Waals surface area contributed by atoms with Gasteiger partial charge in [0.05, 0.1) is 16.3 Å². The van der Waals surface area contributed by atoms with Gasteiger partial charge in [-0.25, -0.2) is 17.5 Å². The van der Waals surface area contributed by atoms with Gasteiger partial charge < -0.3 is 10.3 Å². The molecule has 0 spiro atoms. The summed E-state index contributed by atoms with van der Waals surface area (Å²) in [6, 6.07) is 3.14. The third-order valence-electron chi connectivity index (χ3n) is 2.66. The van der Waals surface area contributed by atoms with Crippen molar-refractivity contribution in [2.45, 2.75) is 18.7 Å². The second-order valence-electron chi connectivity index (χ2n) is 4.01. The van der Waals surface area contributed by atoms with E-state index in [9.17, 15) is 12.8 Å². The SMILES string of the molecule is Cc1noc(NS(=O)(=O)c2ccc(F)c(N)c2)c1C. The van der Waals surface area contributed by atoms with Crippen LogP contribution < -0.4 is 10.5 Å². The lowest BCUT2D eigenvalue weighted by molar-refractivity contribution is 0.430. The fourth-order valence-electron chi connectivity index (χ4n) is 1.38. The Balaban J connectivity index is 2.37. The van der Waals surface area contributed by atoms with Gasteiger partial charge in [-0.3, -0.25) is 0 Å². The molecule has 0 amide bonds. The molecule has 2 aromatic rings. The van der Waals surface area contributed by atoms with Gasteiger partial charge in [0.1, 0.15) is 5.82 Å². The largest absolute Gasteiger partial charge is 0.396 e. The van der Waals surface area contributed by atoms with E-state index in [1.807, 2.05) is 0 Å². The van der Waals surface area contributed by atoms with Crippen LogP contribution in [0.2, 0.25) is 0 Å². The number of nitrogens with one attached hydrogen (secondary N) is 1. The van der Waals surface area contributed by atoms with Crippen molar-refractivity contribution in [1.29, 1.82) is 0 Å². The first-order valence-corrected chi connectivity index (χ1v) is 6.80. The molecule has 102 valence electrons. The van der Waals surface area contributed by atoms with Crippen molar-refractivity contribution in [2.75, 3.05) is 10.5 Å². The molecule has 0 unspecified atom stereocenters. The molecule has 19 heavy (non-hydrogen) atoms. The van der Waals surface area contributed by atoms with Gasteiger partial charge >= 0.3 is 0 Å². The number of hydrogen-bond donors (Lipinski definition) is 2. The molecule has 0 aliphatic heterocycles. The highest BCUT2D eigenvalue weighted by molar-refractivity contribution is 7.92. The minimum Gasteiger partial charge on any atom is -0.396 e. The Hall–Kier alpha value is -2.09. The normalized spacial score (nSPS) is 11.5. The van der Waals surface area contributed by atoms with Crippen LogP contribution in [0.25, 0.3) is 0 Å². The third kappa shape index (κ3) is 2.53. The molecule has 0 aliphatic carbocycles. The van der Waals surface area contributed by atoms with Gasteiger partial charge in [-0.2, -0.15) is 0 Å². The van der Waals surface area contributed by atoms with Gasteiger partial charge in [0, 0.05) is 5.56 Å². The lowest BCUT2D eigenvalue weighted by atomic mass is 10.3. The number of nitrogens with two attached hydrogens (primary N) is 1. The summed E-state index contributed by atoms with van der Waals surface area (Å²) in [5, 5.41) is 3.64. The second-order valence-corrected chi connectivity index (χ2v) is 5.69. The first-order valence-electron chi connectivity index (χ1n) is 5.32. The number of halogens is 1. The van der Waals surface area contributed by atoms with Crippen LogP contribution in [0.5, 0.6) is 0 Å². The van der Waals surface area contributed by atoms with Crippen molar-refractivity contribution in [3.63, 3.8) is 0 Å². The highest BCUT2D eigenvalue weighted by Crippen LogP contribution is 2.23. The maximum atomic E-state index is 13.0. The van der Waals surface area contributed by atoms with E-state index in [-0.39, 0.29) is 16.5 Å². The number of hydrogen-bond acceptors (Lipinski definition) is 5. The van der Waals surface area contributed by atoms with Gasteiger partial charge in [0.25, 0.3) is 10.0 Å². The van der Waals surface area contributed by atoms with E-state index >= 15 is 0 Å². The lowest BCUT2D eigenvalue weighted by Crippen LogP contribution is -2.13. The quantitative estimate of drug-likeness (QED) is 0.838. The predicted octanol–water partition coefficient (Wildman–Crippen LogP) is 1.81. The van der Waals surface area contributed by atoms with Crippen LogP contribution in [0.15, 0.2) is 27.6 Å². The number of nitrogens with zero attached hydrogens (tertiary/aromatic N) is 1. The van der Waals surface area contributed by atoms with Crippen molar-refractivity contribution in [1.82, 2.24) is 5.16 Å². The van der Waals surface area contributed by atoms with Gasteiger partial charge in [-0.15, -0.1) is 0 Å². The molecule has 2 rings (SSSR count). The Morgan fingerprint density at radius 1 is 1.37 bits per heavy atom. The number of aryl methyl sites for hydroxylation is 1. The van der Waals surface area contributed by atoms with Crippen LogP contribution in [0, 0.1) is 19.7 Å². The molecular weight excluding hydrogens is 273 g/mol. The van der Waals surface area contributed by atoms with E-state index < -0.39 is 15.8 Å². The van der Waals surface area contributed by atoms with Crippen LogP contribution in [0.3, 0.4) is 0 Å². The number of anilines is 2. The van der Waals surface area contributed by atoms with Crippen LogP contribution >= 0.6 is 0 Å². The van der Waals surface area contributed by atoms with E-state index in [2.05, 4.69) is 9.88 Å². The molecule has 1 aromatic carbocycles. The Morgan fingerprint density at radius 3 is 2.58 bits per heavy atom. The number of nitrogen functional groups attached to an aromatic ring is 1. The number of aromatic nitrogens is 1. The molecule has 8 heteroatoms. The fraction of sp³-hybridized carbons (Fsp3) is 0.182. The van der Waals surface area contributed by atoms with E-state index in [4.69, 9.17) is 10.3 Å². The minimum atomic E-state index is -3.89. The zero-order chi connectivity index (χ0) is 14.2. The Labute approximate surface area is 109 Å². The van der Waals surface area contributed by atoms with E-state index in [0.717, 1.165) is 18.2 Å². The van der Waals surface area contributed by atoms with Gasteiger partial charge in [-0.1, -0.05) is 5.16 Å². The third-order valence-corrected chi connectivity index (χ3v) is 3.99. The monoisotopic (exact) mass is 285 g/mol. The summed E-state index contributed by atoms with van der Waals surface area (Å²) in [6.45, 7) is 3.36. The summed E-state index contributed by atoms with van der Waals surface area (Å²) in [4.78, 5) is -0.153. The Bertz CT molecular complexity index is 725. The summed E-state index contributed by atoms with van der Waals surface area (Å²) in [6.07, 6.45) is 0. The van der Waals surface area contributed by atoms with Crippen molar-refractivity contribution >= 4 is 21.6 Å². The zero-order valence-electron chi connectivity index (χ0n) is 10.3. The maximum absolute atomic E-state index is 13.0. The molecule has 1 aromatic heterocycles. The van der Waals surface area contributed by atoms with Crippen LogP contribution in [-0.4, -0.2) is 13.6 Å². The smallest absolute Gasteiger partial charge is 0.264 e. The Kier molecular flexibility index (Phi) is 3.19. The standard InChI is InChI=1S/C11H12FN3O3S/c1-6-7(2)14-18-11(6)15-19(16,17)8-3-4-9(12)10(13)5-8/h3-5,15H,13H2,1-2H3. The van der Waals surface area contributed by atoms with Crippen molar-refractivity contribution < 1.29 is 17.3 Å². The summed E-state index contributed by atoms with van der Waals surface area (Å²) in [7, 11) is -3.89. The van der Waals surface area contributed by atoms with Crippen LogP contribution in [0.4, 0.5) is 16.0 Å². The molecule has 3 N–H and O–H groups in total. The Morgan fingerprint density at radius 2 is 2.05 bits per heavy atom. The molecule has 1 heterocycles. The second kappa shape index (κ2) is 4.54. The molecule has 0 saturated heterocycles. The summed E-state index contributed by atoms with van der Waals surface area (Å²) in [5.41, 5.74) is 6.26. The number of benzene rings is 1. The molecule has 0 bridgehead atoms. The first-order chi connectivity index (χ1) is 8.81. The molecule has 0 aliphatic rings. The molecule has 0 atom stereocenters. The molecule has 0 radical (unpaired) electrons. The number of sulfonamides is 1. The summed E-state index contributed by atoms with van der Waals surface area (Å²) < 4.78 is 44.2. The number of rotatable bonds is 3. The lowest BCUT2D eigenvalue weighted by Gasteiger charge is -2.06. The highest BCUT2D eigenvalue weighted by atomic mass is 32.2. The van der Waals surface area contributed by atoms with Crippen molar-refractivity contribution in [3.05, 3.63) is 35.3 Å². The van der Waals surface area contributed by atoms with E-state index in [1.54, 1.807) is 13.8 Å². The molecular formula is C11H12FN3O3S. The van der Waals surface area contributed by atoms with Crippen LogP contribution in [-0.2, 0) is 10.0 Å². The van der Waals surface area contributed by atoms with Crippen molar-refractivity contribution in [3.8, 4) is 0 Å². The van der Waals surface area contributed by atoms with Gasteiger partial charge in [0.2, 0.25) is 5.88 Å².